The molecule has 3 nitrogen and oxygen atoms in total. The molecule has 90 valence electrons. The zero-order valence-corrected chi connectivity index (χ0v) is 13.1. The van der Waals surface area contributed by atoms with Crippen molar-refractivity contribution in [2.45, 2.75) is 26.4 Å². The van der Waals surface area contributed by atoms with Crippen molar-refractivity contribution in [2.24, 2.45) is 0 Å². The van der Waals surface area contributed by atoms with Crippen LogP contribution in [-0.2, 0) is 13.1 Å². The molecule has 0 aliphatic heterocycles. The van der Waals surface area contributed by atoms with Gasteiger partial charge in [-0.25, -0.2) is 4.79 Å². The summed E-state index contributed by atoms with van der Waals surface area (Å²) < 4.78 is 39.2. The largest absolute Gasteiger partial charge is 1.00 e. The summed E-state index contributed by atoms with van der Waals surface area (Å²) in [6, 6.07) is 0. The molecule has 1 heterocycles. The Bertz CT molecular complexity index is 438. The predicted octanol–water partition coefficient (Wildman–Crippen LogP) is -0.993. The fraction of sp³-hybridized carbons (Fsp3) is 0.444. The van der Waals surface area contributed by atoms with Crippen LogP contribution in [0.15, 0.2) is 29.2 Å². The molecule has 1 aromatic heterocycles. The molecular formula is C9H13BF3KN2O. The van der Waals surface area contributed by atoms with Gasteiger partial charge in [0.15, 0.2) is 0 Å². The van der Waals surface area contributed by atoms with Crippen molar-refractivity contribution in [1.29, 1.82) is 0 Å². The van der Waals surface area contributed by atoms with Crippen LogP contribution in [0.4, 0.5) is 12.9 Å². The van der Waals surface area contributed by atoms with Gasteiger partial charge in [-0.05, 0) is 6.42 Å². The topological polar surface area (TPSA) is 26.9 Å². The number of halogens is 3. The van der Waals surface area contributed by atoms with E-state index in [1.165, 1.54) is 17.0 Å². The van der Waals surface area contributed by atoms with Gasteiger partial charge in [-0.3, -0.25) is 9.13 Å². The van der Waals surface area contributed by atoms with Crippen molar-refractivity contribution in [1.82, 2.24) is 9.13 Å². The molecule has 1 rings (SSSR count). The standard InChI is InChI=1S/C9H13BF3N2O.K/c1-3-4-14-5-6-15(9(14)16)7-8(2)10(11,12)13;/h5-6H,2-4,7H2,1H3;/q-1;+1. The second-order valence-corrected chi connectivity index (χ2v) is 3.64. The van der Waals surface area contributed by atoms with E-state index < -0.39 is 24.7 Å². The number of hydrogen-bond donors (Lipinski definition) is 0. The summed E-state index contributed by atoms with van der Waals surface area (Å²) in [4.78, 5) is 11.5. The van der Waals surface area contributed by atoms with Gasteiger partial charge in [0.25, 0.3) is 0 Å². The van der Waals surface area contributed by atoms with E-state index in [1.807, 2.05) is 6.92 Å². The zero-order chi connectivity index (χ0) is 12.3. The first-order chi connectivity index (χ1) is 7.36. The van der Waals surface area contributed by atoms with Gasteiger partial charge in [-0.1, -0.05) is 6.92 Å². The van der Waals surface area contributed by atoms with Gasteiger partial charge in [0.2, 0.25) is 0 Å². The summed E-state index contributed by atoms with van der Waals surface area (Å²) in [5, 5.41) is 0. The molecule has 0 aromatic carbocycles. The first kappa shape index (κ1) is 17.2. The smallest absolute Gasteiger partial charge is 0.445 e. The van der Waals surface area contributed by atoms with E-state index >= 15 is 0 Å². The van der Waals surface area contributed by atoms with Crippen LogP contribution in [0, 0.1) is 0 Å². The Labute approximate surface area is 140 Å². The average Bonchev–Trinajstić information content (AvgIpc) is 2.49. The van der Waals surface area contributed by atoms with Gasteiger partial charge < -0.3 is 12.9 Å². The monoisotopic (exact) mass is 272 g/mol. The Morgan fingerprint density at radius 1 is 1.35 bits per heavy atom. The summed E-state index contributed by atoms with van der Waals surface area (Å²) in [6.45, 7) is -0.212. The quantitative estimate of drug-likeness (QED) is 0.632. The molecule has 0 aliphatic rings. The van der Waals surface area contributed by atoms with Gasteiger partial charge in [0.05, 0.1) is 0 Å². The van der Waals surface area contributed by atoms with E-state index in [1.54, 1.807) is 0 Å². The summed E-state index contributed by atoms with van der Waals surface area (Å²) in [5.74, 6) is 0. The maximum absolute atomic E-state index is 12.3. The van der Waals surface area contributed by atoms with Crippen molar-refractivity contribution < 1.29 is 64.3 Å². The Morgan fingerprint density at radius 3 is 2.35 bits per heavy atom. The number of aromatic nitrogens is 2. The number of nitrogens with zero attached hydrogens (tertiary/aromatic N) is 2. The number of imidazole rings is 1. The van der Waals surface area contributed by atoms with Gasteiger partial charge >= 0.3 is 64.1 Å². The number of allylic oxidation sites excluding steroid dienone is 1. The molecule has 0 unspecified atom stereocenters. The minimum Gasteiger partial charge on any atom is -0.445 e. The Morgan fingerprint density at radius 2 is 1.88 bits per heavy atom. The van der Waals surface area contributed by atoms with Crippen LogP contribution < -0.4 is 57.1 Å². The third-order valence-corrected chi connectivity index (χ3v) is 2.22. The molecule has 0 spiro atoms. The summed E-state index contributed by atoms with van der Waals surface area (Å²) in [6.07, 6.45) is 3.60. The van der Waals surface area contributed by atoms with Crippen LogP contribution in [0.2, 0.25) is 0 Å². The molecule has 0 aliphatic carbocycles. The minimum absolute atomic E-state index is 0. The molecule has 0 saturated heterocycles. The van der Waals surface area contributed by atoms with Crippen molar-refractivity contribution in [3.05, 3.63) is 34.9 Å². The third kappa shape index (κ3) is 4.78. The van der Waals surface area contributed by atoms with E-state index in [-0.39, 0.29) is 51.4 Å². The number of rotatable bonds is 5. The summed E-state index contributed by atoms with van der Waals surface area (Å²) in [7, 11) is 0. The minimum atomic E-state index is -5.08. The summed E-state index contributed by atoms with van der Waals surface area (Å²) in [5.41, 5.74) is -1.29. The molecule has 0 fully saturated rings. The first-order valence-corrected chi connectivity index (χ1v) is 4.99. The average molecular weight is 272 g/mol. The van der Waals surface area contributed by atoms with Gasteiger partial charge in [-0.15, -0.1) is 12.1 Å². The van der Waals surface area contributed by atoms with E-state index in [0.29, 0.717) is 6.54 Å². The van der Waals surface area contributed by atoms with E-state index in [4.69, 9.17) is 0 Å². The second-order valence-electron chi connectivity index (χ2n) is 3.64. The Balaban J connectivity index is 0.00000256. The van der Waals surface area contributed by atoms with Crippen LogP contribution in [0.5, 0.6) is 0 Å². The molecule has 1 aromatic rings. The predicted molar refractivity (Wildman–Crippen MR) is 57.2 cm³/mol. The Hall–Kier alpha value is 0.241. The fourth-order valence-corrected chi connectivity index (χ4v) is 1.31. The van der Waals surface area contributed by atoms with E-state index in [2.05, 4.69) is 6.58 Å². The van der Waals surface area contributed by atoms with Crippen LogP contribution in [0.3, 0.4) is 0 Å². The van der Waals surface area contributed by atoms with Crippen LogP contribution in [0.1, 0.15) is 13.3 Å². The fourth-order valence-electron chi connectivity index (χ4n) is 1.31. The molecular weight excluding hydrogens is 259 g/mol. The van der Waals surface area contributed by atoms with Gasteiger partial charge in [0, 0.05) is 25.5 Å². The van der Waals surface area contributed by atoms with Crippen molar-refractivity contribution >= 4 is 6.98 Å². The van der Waals surface area contributed by atoms with Gasteiger partial charge in [-0.2, -0.15) is 0 Å². The number of aryl methyl sites for hydroxylation is 1. The van der Waals surface area contributed by atoms with Crippen LogP contribution in [-0.4, -0.2) is 16.1 Å². The number of hydrogen-bond acceptors (Lipinski definition) is 1. The molecule has 17 heavy (non-hydrogen) atoms. The van der Waals surface area contributed by atoms with E-state index in [9.17, 15) is 17.7 Å². The third-order valence-electron chi connectivity index (χ3n) is 2.22. The molecule has 0 radical (unpaired) electrons. The Kier molecular flexibility index (Phi) is 7.08. The molecule has 8 heteroatoms. The maximum atomic E-state index is 12.3. The zero-order valence-electron chi connectivity index (χ0n) is 10.00. The summed E-state index contributed by atoms with van der Waals surface area (Å²) >= 11 is 0. The van der Waals surface area contributed by atoms with Gasteiger partial charge in [0.1, 0.15) is 0 Å². The van der Waals surface area contributed by atoms with Crippen molar-refractivity contribution in [3.63, 3.8) is 0 Å². The maximum Gasteiger partial charge on any atom is 1.00 e. The second kappa shape index (κ2) is 6.98. The van der Waals surface area contributed by atoms with Crippen LogP contribution >= 0.6 is 0 Å². The molecule has 0 N–H and O–H groups in total. The molecule has 0 bridgehead atoms. The van der Waals surface area contributed by atoms with E-state index in [0.717, 1.165) is 11.0 Å². The first-order valence-electron chi connectivity index (χ1n) is 4.99. The normalized spacial score (nSPS) is 11.1. The molecule has 0 atom stereocenters. The van der Waals surface area contributed by atoms with Crippen LogP contribution in [0.25, 0.3) is 0 Å². The van der Waals surface area contributed by atoms with Crippen molar-refractivity contribution in [3.8, 4) is 0 Å². The SMILES string of the molecule is C=C(Cn1ccn(CCC)c1=O)[B-](F)(F)F.[K+]. The van der Waals surface area contributed by atoms with Crippen molar-refractivity contribution in [2.75, 3.05) is 0 Å². The molecule has 0 amide bonds. The molecule has 0 saturated carbocycles.